The van der Waals surface area contributed by atoms with Crippen LogP contribution in [0.15, 0.2) is 80.7 Å². The van der Waals surface area contributed by atoms with Gasteiger partial charge in [-0.2, -0.15) is 0 Å². The second kappa shape index (κ2) is 8.02. The molecule has 0 saturated heterocycles. The van der Waals surface area contributed by atoms with E-state index in [1.807, 2.05) is 80.6 Å². The Kier molecular flexibility index (Phi) is 5.01. The van der Waals surface area contributed by atoms with Gasteiger partial charge in [0.15, 0.2) is 5.65 Å². The fraction of sp³-hybridized carbons (Fsp3) is 0.154. The van der Waals surface area contributed by atoms with Crippen LogP contribution in [0.2, 0.25) is 0 Å². The highest BCUT2D eigenvalue weighted by Crippen LogP contribution is 2.22. The van der Waals surface area contributed by atoms with E-state index in [1.165, 1.54) is 9.13 Å². The van der Waals surface area contributed by atoms with Crippen LogP contribution in [0, 0.1) is 20.8 Å². The van der Waals surface area contributed by atoms with E-state index >= 15 is 0 Å². The maximum Gasteiger partial charge on any atom is 0.337 e. The standard InChI is InChI=1S/C26H22N4O3/c1-16-14-17(2)27-23-22(16)25(31)29(26(32)30(23)20-12-8-5-9-13-20)15-21-18(3)33-24(28-21)19-10-6-4-7-11-19/h4-14H,15H2,1-3H3. The Morgan fingerprint density at radius 2 is 1.55 bits per heavy atom. The first-order valence-electron chi connectivity index (χ1n) is 10.6. The van der Waals surface area contributed by atoms with Gasteiger partial charge in [0.1, 0.15) is 11.5 Å². The Balaban J connectivity index is 1.74. The zero-order valence-corrected chi connectivity index (χ0v) is 18.6. The molecule has 0 aliphatic rings. The van der Waals surface area contributed by atoms with Gasteiger partial charge in [-0.05, 0) is 56.7 Å². The fourth-order valence-electron chi connectivity index (χ4n) is 4.05. The zero-order chi connectivity index (χ0) is 23.1. The predicted molar refractivity (Wildman–Crippen MR) is 127 cm³/mol. The summed E-state index contributed by atoms with van der Waals surface area (Å²) in [5.41, 5.74) is 2.99. The molecule has 164 valence electrons. The molecule has 0 spiro atoms. The molecule has 0 fully saturated rings. The van der Waals surface area contributed by atoms with Crippen LogP contribution in [0.3, 0.4) is 0 Å². The van der Waals surface area contributed by atoms with Crippen molar-refractivity contribution in [1.82, 2.24) is 19.1 Å². The maximum atomic E-state index is 13.6. The summed E-state index contributed by atoms with van der Waals surface area (Å²) >= 11 is 0. The first-order valence-corrected chi connectivity index (χ1v) is 10.6. The molecule has 7 heteroatoms. The maximum absolute atomic E-state index is 13.6. The molecule has 0 atom stereocenters. The molecule has 0 radical (unpaired) electrons. The third kappa shape index (κ3) is 3.57. The van der Waals surface area contributed by atoms with Gasteiger partial charge in [-0.1, -0.05) is 36.4 Å². The Hall–Kier alpha value is -4.26. The number of aromatic nitrogens is 4. The number of rotatable bonds is 4. The summed E-state index contributed by atoms with van der Waals surface area (Å²) in [7, 11) is 0. The number of nitrogens with zero attached hydrogens (tertiary/aromatic N) is 4. The van der Waals surface area contributed by atoms with E-state index in [2.05, 4.69) is 9.97 Å². The highest BCUT2D eigenvalue weighted by Gasteiger charge is 2.20. The molecule has 5 rings (SSSR count). The SMILES string of the molecule is Cc1cc(C)c2c(=O)n(Cc3nc(-c4ccccc4)oc3C)c(=O)n(-c3ccccc3)c2n1. The lowest BCUT2D eigenvalue weighted by Gasteiger charge is -2.15. The molecule has 0 amide bonds. The number of oxazole rings is 1. The van der Waals surface area contributed by atoms with Crippen LogP contribution in [0.4, 0.5) is 0 Å². The number of aryl methyl sites for hydroxylation is 3. The van der Waals surface area contributed by atoms with Crippen LogP contribution in [-0.2, 0) is 6.54 Å². The molecule has 0 aliphatic heterocycles. The van der Waals surface area contributed by atoms with Crippen molar-refractivity contribution in [1.29, 1.82) is 0 Å². The van der Waals surface area contributed by atoms with Crippen molar-refractivity contribution in [2.75, 3.05) is 0 Å². The number of hydrogen-bond donors (Lipinski definition) is 0. The molecule has 5 aromatic rings. The number of pyridine rings is 1. The Bertz CT molecular complexity index is 1600. The summed E-state index contributed by atoms with van der Waals surface area (Å²) in [6.07, 6.45) is 0. The lowest BCUT2D eigenvalue weighted by atomic mass is 10.1. The monoisotopic (exact) mass is 438 g/mol. The molecule has 0 bridgehead atoms. The van der Waals surface area contributed by atoms with Crippen molar-refractivity contribution in [3.8, 4) is 17.1 Å². The van der Waals surface area contributed by atoms with Gasteiger partial charge in [0.25, 0.3) is 5.56 Å². The van der Waals surface area contributed by atoms with Crippen molar-refractivity contribution in [2.24, 2.45) is 0 Å². The van der Waals surface area contributed by atoms with Crippen molar-refractivity contribution in [3.63, 3.8) is 0 Å². The Labute approximate surface area is 189 Å². The molecule has 33 heavy (non-hydrogen) atoms. The number of hydrogen-bond acceptors (Lipinski definition) is 5. The summed E-state index contributed by atoms with van der Waals surface area (Å²) in [5, 5.41) is 0.411. The van der Waals surface area contributed by atoms with E-state index in [4.69, 9.17) is 4.42 Å². The molecule has 7 nitrogen and oxygen atoms in total. The van der Waals surface area contributed by atoms with Crippen LogP contribution in [0.5, 0.6) is 0 Å². The average molecular weight is 438 g/mol. The van der Waals surface area contributed by atoms with E-state index in [-0.39, 0.29) is 6.54 Å². The third-order valence-electron chi connectivity index (χ3n) is 5.65. The van der Waals surface area contributed by atoms with Gasteiger partial charge in [-0.3, -0.25) is 9.36 Å². The van der Waals surface area contributed by atoms with Crippen molar-refractivity contribution in [2.45, 2.75) is 27.3 Å². The second-order valence-electron chi connectivity index (χ2n) is 8.01. The molecule has 0 N–H and O–H groups in total. The van der Waals surface area contributed by atoms with E-state index in [0.717, 1.165) is 16.8 Å². The average Bonchev–Trinajstić information content (AvgIpc) is 3.18. The van der Waals surface area contributed by atoms with E-state index < -0.39 is 11.2 Å². The van der Waals surface area contributed by atoms with E-state index in [0.29, 0.717) is 34.1 Å². The highest BCUT2D eigenvalue weighted by molar-refractivity contribution is 5.79. The Morgan fingerprint density at radius 1 is 0.879 bits per heavy atom. The van der Waals surface area contributed by atoms with Gasteiger partial charge in [0.05, 0.1) is 17.6 Å². The summed E-state index contributed by atoms with van der Waals surface area (Å²) in [4.78, 5) is 36.3. The summed E-state index contributed by atoms with van der Waals surface area (Å²) in [6, 6.07) is 20.6. The van der Waals surface area contributed by atoms with E-state index in [9.17, 15) is 9.59 Å². The minimum absolute atomic E-state index is 0.00404. The van der Waals surface area contributed by atoms with Crippen molar-refractivity contribution < 1.29 is 4.42 Å². The van der Waals surface area contributed by atoms with Crippen LogP contribution >= 0.6 is 0 Å². The largest absolute Gasteiger partial charge is 0.441 e. The molecule has 3 heterocycles. The molecule has 3 aromatic heterocycles. The molecular formula is C26H22N4O3. The minimum atomic E-state index is -0.472. The molecule has 0 unspecified atom stereocenters. The minimum Gasteiger partial charge on any atom is -0.441 e. The lowest BCUT2D eigenvalue weighted by Crippen LogP contribution is -2.40. The van der Waals surface area contributed by atoms with Crippen LogP contribution in [0.25, 0.3) is 28.2 Å². The van der Waals surface area contributed by atoms with Crippen LogP contribution in [-0.4, -0.2) is 19.1 Å². The normalized spacial score (nSPS) is 11.2. The highest BCUT2D eigenvalue weighted by atomic mass is 16.4. The lowest BCUT2D eigenvalue weighted by molar-refractivity contribution is 0.536. The van der Waals surface area contributed by atoms with Gasteiger partial charge in [0.2, 0.25) is 5.89 Å². The molecule has 2 aromatic carbocycles. The number of para-hydroxylation sites is 1. The summed E-state index contributed by atoms with van der Waals surface area (Å²) < 4.78 is 8.54. The van der Waals surface area contributed by atoms with Gasteiger partial charge in [0, 0.05) is 11.3 Å². The van der Waals surface area contributed by atoms with Crippen LogP contribution < -0.4 is 11.2 Å². The topological polar surface area (TPSA) is 82.9 Å². The van der Waals surface area contributed by atoms with Gasteiger partial charge in [-0.25, -0.2) is 19.3 Å². The zero-order valence-electron chi connectivity index (χ0n) is 18.6. The number of fused-ring (bicyclic) bond motifs is 1. The van der Waals surface area contributed by atoms with Crippen LogP contribution in [0.1, 0.15) is 22.7 Å². The predicted octanol–water partition coefficient (Wildman–Crippen LogP) is 4.18. The van der Waals surface area contributed by atoms with E-state index in [1.54, 1.807) is 6.92 Å². The first-order chi connectivity index (χ1) is 15.9. The van der Waals surface area contributed by atoms with Gasteiger partial charge in [-0.15, -0.1) is 0 Å². The third-order valence-corrected chi connectivity index (χ3v) is 5.65. The molecular weight excluding hydrogens is 416 g/mol. The molecule has 0 aliphatic carbocycles. The quantitative estimate of drug-likeness (QED) is 0.420. The number of benzene rings is 2. The summed E-state index contributed by atoms with van der Waals surface area (Å²) in [5.74, 6) is 1.01. The van der Waals surface area contributed by atoms with Crippen molar-refractivity contribution >= 4 is 11.0 Å². The summed E-state index contributed by atoms with van der Waals surface area (Å²) in [6.45, 7) is 5.49. The van der Waals surface area contributed by atoms with Crippen molar-refractivity contribution in [3.05, 3.63) is 110 Å². The molecule has 0 saturated carbocycles. The Morgan fingerprint density at radius 3 is 2.24 bits per heavy atom. The van der Waals surface area contributed by atoms with Gasteiger partial charge < -0.3 is 4.42 Å². The fourth-order valence-corrected chi connectivity index (χ4v) is 4.05. The smallest absolute Gasteiger partial charge is 0.337 e. The second-order valence-corrected chi connectivity index (χ2v) is 8.01. The first kappa shape index (κ1) is 20.6. The van der Waals surface area contributed by atoms with Gasteiger partial charge >= 0.3 is 5.69 Å².